The van der Waals surface area contributed by atoms with Crippen molar-refractivity contribution in [1.82, 2.24) is 15.2 Å². The molecule has 0 spiro atoms. The molecular weight excluding hydrogens is 330 g/mol. The maximum atomic E-state index is 12.3. The fourth-order valence-corrected chi connectivity index (χ4v) is 3.27. The molecule has 0 aromatic carbocycles. The molecule has 6 heteroatoms. The van der Waals surface area contributed by atoms with Gasteiger partial charge in [0.05, 0.1) is 13.1 Å². The second-order valence-electron chi connectivity index (χ2n) is 7.31. The van der Waals surface area contributed by atoms with Crippen molar-refractivity contribution in [3.63, 3.8) is 0 Å². The molecular formula is C20H27N3O3. The lowest BCUT2D eigenvalue weighted by Crippen LogP contribution is -2.32. The van der Waals surface area contributed by atoms with E-state index in [4.69, 9.17) is 4.42 Å². The number of hydrogen-bond acceptors (Lipinski definition) is 4. The molecule has 1 fully saturated rings. The van der Waals surface area contributed by atoms with Crippen LogP contribution in [-0.4, -0.2) is 28.9 Å². The predicted octanol–water partition coefficient (Wildman–Crippen LogP) is 2.75. The number of aromatic amines is 1. The van der Waals surface area contributed by atoms with Crippen molar-refractivity contribution in [3.05, 3.63) is 56.9 Å². The maximum Gasteiger partial charge on any atom is 0.287 e. The van der Waals surface area contributed by atoms with Crippen molar-refractivity contribution in [1.29, 1.82) is 0 Å². The van der Waals surface area contributed by atoms with E-state index in [2.05, 4.69) is 22.1 Å². The molecule has 1 amide bonds. The van der Waals surface area contributed by atoms with E-state index in [0.717, 1.165) is 31.3 Å². The van der Waals surface area contributed by atoms with Gasteiger partial charge in [0, 0.05) is 23.0 Å². The van der Waals surface area contributed by atoms with Gasteiger partial charge in [0.1, 0.15) is 5.76 Å². The third-order valence-electron chi connectivity index (χ3n) is 5.18. The summed E-state index contributed by atoms with van der Waals surface area (Å²) in [6, 6.07) is 3.58. The minimum atomic E-state index is -0.274. The number of likely N-dealkylation sites (tertiary alicyclic amines) is 1. The van der Waals surface area contributed by atoms with Gasteiger partial charge in [-0.1, -0.05) is 6.92 Å². The fraction of sp³-hybridized carbons (Fsp3) is 0.500. The van der Waals surface area contributed by atoms with E-state index in [0.29, 0.717) is 22.6 Å². The molecule has 0 aliphatic carbocycles. The van der Waals surface area contributed by atoms with Crippen LogP contribution < -0.4 is 10.7 Å². The SMILES string of the molecule is Cc1c[nH]c(CNC(=O)c2ccc(CN3CCC(C)CC3)o2)c(C)c1=O. The molecule has 140 valence electrons. The Balaban J connectivity index is 1.56. The zero-order valence-electron chi connectivity index (χ0n) is 15.7. The average molecular weight is 357 g/mol. The molecule has 0 unspecified atom stereocenters. The first-order valence-electron chi connectivity index (χ1n) is 9.21. The standard InChI is InChI=1S/C20H27N3O3/c1-13-6-8-23(9-7-13)12-16-4-5-18(26-16)20(25)22-11-17-15(3)19(24)14(2)10-21-17/h4-5,10,13H,6-9,11-12H2,1-3H3,(H,21,24)(H,22,25). The molecule has 3 heterocycles. The van der Waals surface area contributed by atoms with Crippen molar-refractivity contribution in [3.8, 4) is 0 Å². The molecule has 2 aromatic rings. The summed E-state index contributed by atoms with van der Waals surface area (Å²) in [6.45, 7) is 8.96. The van der Waals surface area contributed by atoms with E-state index in [1.54, 1.807) is 26.1 Å². The lowest BCUT2D eigenvalue weighted by molar-refractivity contribution is 0.0917. The number of furan rings is 1. The van der Waals surface area contributed by atoms with E-state index in [-0.39, 0.29) is 17.9 Å². The minimum Gasteiger partial charge on any atom is -0.455 e. The first kappa shape index (κ1) is 18.5. The number of carbonyl (C=O) groups excluding carboxylic acids is 1. The molecule has 0 bridgehead atoms. The number of rotatable bonds is 5. The number of aromatic nitrogens is 1. The van der Waals surface area contributed by atoms with Crippen LogP contribution in [0.4, 0.5) is 0 Å². The van der Waals surface area contributed by atoms with Crippen LogP contribution in [-0.2, 0) is 13.1 Å². The van der Waals surface area contributed by atoms with Crippen LogP contribution in [0, 0.1) is 19.8 Å². The smallest absolute Gasteiger partial charge is 0.287 e. The summed E-state index contributed by atoms with van der Waals surface area (Å²) < 4.78 is 5.71. The highest BCUT2D eigenvalue weighted by Gasteiger charge is 2.18. The molecule has 0 atom stereocenters. The summed E-state index contributed by atoms with van der Waals surface area (Å²) in [5.41, 5.74) is 2.01. The van der Waals surface area contributed by atoms with Crippen LogP contribution in [0.15, 0.2) is 27.5 Å². The maximum absolute atomic E-state index is 12.3. The Morgan fingerprint density at radius 3 is 2.77 bits per heavy atom. The Kier molecular flexibility index (Phi) is 5.61. The van der Waals surface area contributed by atoms with E-state index in [1.807, 2.05) is 6.07 Å². The highest BCUT2D eigenvalue weighted by atomic mass is 16.4. The summed E-state index contributed by atoms with van der Waals surface area (Å²) in [5, 5.41) is 2.81. The normalized spacial score (nSPS) is 16.0. The van der Waals surface area contributed by atoms with Gasteiger partial charge in [0.2, 0.25) is 0 Å². The van der Waals surface area contributed by atoms with Crippen LogP contribution in [0.1, 0.15) is 52.9 Å². The van der Waals surface area contributed by atoms with Gasteiger partial charge in [-0.15, -0.1) is 0 Å². The van der Waals surface area contributed by atoms with Crippen LogP contribution >= 0.6 is 0 Å². The number of nitrogens with zero attached hydrogens (tertiary/aromatic N) is 1. The topological polar surface area (TPSA) is 78.3 Å². The molecule has 2 aromatic heterocycles. The molecule has 1 aliphatic rings. The molecule has 26 heavy (non-hydrogen) atoms. The van der Waals surface area contributed by atoms with E-state index in [1.165, 1.54) is 12.8 Å². The molecule has 1 aliphatic heterocycles. The molecule has 0 radical (unpaired) electrons. The zero-order chi connectivity index (χ0) is 18.7. The fourth-order valence-electron chi connectivity index (χ4n) is 3.27. The number of amides is 1. The first-order valence-corrected chi connectivity index (χ1v) is 9.21. The van der Waals surface area contributed by atoms with Gasteiger partial charge in [-0.05, 0) is 57.8 Å². The second kappa shape index (κ2) is 7.91. The third-order valence-corrected chi connectivity index (χ3v) is 5.18. The van der Waals surface area contributed by atoms with Gasteiger partial charge in [0.25, 0.3) is 5.91 Å². The van der Waals surface area contributed by atoms with E-state index in [9.17, 15) is 9.59 Å². The molecule has 0 saturated carbocycles. The molecule has 3 rings (SSSR count). The quantitative estimate of drug-likeness (QED) is 0.862. The largest absolute Gasteiger partial charge is 0.455 e. The zero-order valence-corrected chi connectivity index (χ0v) is 15.7. The summed E-state index contributed by atoms with van der Waals surface area (Å²) in [7, 11) is 0. The van der Waals surface area contributed by atoms with Crippen LogP contribution in [0.2, 0.25) is 0 Å². The first-order chi connectivity index (χ1) is 12.4. The van der Waals surface area contributed by atoms with Crippen molar-refractivity contribution in [2.24, 2.45) is 5.92 Å². The molecule has 2 N–H and O–H groups in total. The number of pyridine rings is 1. The molecule has 1 saturated heterocycles. The lowest BCUT2D eigenvalue weighted by Gasteiger charge is -2.29. The minimum absolute atomic E-state index is 0.00383. The number of nitrogens with one attached hydrogen (secondary N) is 2. The number of piperidine rings is 1. The Morgan fingerprint density at radius 1 is 1.31 bits per heavy atom. The Morgan fingerprint density at radius 2 is 2.04 bits per heavy atom. The third kappa shape index (κ3) is 4.25. The van der Waals surface area contributed by atoms with Crippen LogP contribution in [0.5, 0.6) is 0 Å². The monoisotopic (exact) mass is 357 g/mol. The van der Waals surface area contributed by atoms with Crippen molar-refractivity contribution < 1.29 is 9.21 Å². The van der Waals surface area contributed by atoms with Crippen molar-refractivity contribution in [2.45, 2.75) is 46.7 Å². The lowest BCUT2D eigenvalue weighted by atomic mass is 9.99. The van der Waals surface area contributed by atoms with Gasteiger partial charge in [-0.3, -0.25) is 14.5 Å². The van der Waals surface area contributed by atoms with E-state index >= 15 is 0 Å². The van der Waals surface area contributed by atoms with Gasteiger partial charge in [0.15, 0.2) is 11.2 Å². The predicted molar refractivity (Wildman–Crippen MR) is 100 cm³/mol. The summed E-state index contributed by atoms with van der Waals surface area (Å²) >= 11 is 0. The van der Waals surface area contributed by atoms with Crippen molar-refractivity contribution >= 4 is 5.91 Å². The Bertz CT molecular complexity index is 829. The number of H-pyrrole nitrogens is 1. The summed E-state index contributed by atoms with van der Waals surface area (Å²) in [4.78, 5) is 29.7. The van der Waals surface area contributed by atoms with Crippen molar-refractivity contribution in [2.75, 3.05) is 13.1 Å². The average Bonchev–Trinajstić information content (AvgIpc) is 3.09. The second-order valence-corrected chi connectivity index (χ2v) is 7.31. The Hall–Kier alpha value is -2.34. The highest BCUT2D eigenvalue weighted by Crippen LogP contribution is 2.19. The number of carbonyl (C=O) groups is 1. The van der Waals surface area contributed by atoms with Gasteiger partial charge in [-0.2, -0.15) is 0 Å². The van der Waals surface area contributed by atoms with Gasteiger partial charge in [-0.25, -0.2) is 0 Å². The summed E-state index contributed by atoms with van der Waals surface area (Å²) in [5.74, 6) is 1.63. The van der Waals surface area contributed by atoms with Gasteiger partial charge >= 0.3 is 0 Å². The highest BCUT2D eigenvalue weighted by molar-refractivity contribution is 5.91. The van der Waals surface area contributed by atoms with E-state index < -0.39 is 0 Å². The molecule has 6 nitrogen and oxygen atoms in total. The van der Waals surface area contributed by atoms with Crippen LogP contribution in [0.3, 0.4) is 0 Å². The van der Waals surface area contributed by atoms with Gasteiger partial charge < -0.3 is 14.7 Å². The Labute approximate surface area is 153 Å². The number of hydrogen-bond donors (Lipinski definition) is 2. The number of aryl methyl sites for hydroxylation is 1. The summed E-state index contributed by atoms with van der Waals surface area (Å²) in [6.07, 6.45) is 4.09. The van der Waals surface area contributed by atoms with Crippen LogP contribution in [0.25, 0.3) is 0 Å².